The SMILES string of the molecule is CS(=O)(=O)O.Cc1ccc(C(=O)c2ccc(Oc3ccc(C(F)(c4ccc(Oc5ccc(C(=O)c6ccc(-c7ccc(C)c(C(=O)c8ccccc8)c7)cc6)cc5)cc4)C(F)(F)F)cc3)cc2)cc1.FCF. The first-order valence-electron chi connectivity index (χ1n) is 21.7. The van der Waals surface area contributed by atoms with Crippen molar-refractivity contribution in [3.63, 3.8) is 0 Å². The summed E-state index contributed by atoms with van der Waals surface area (Å²) in [6.07, 6.45) is -4.60. The number of benzene rings is 8. The zero-order valence-electron chi connectivity index (χ0n) is 38.7. The average molecular weight is 1000 g/mol. The summed E-state index contributed by atoms with van der Waals surface area (Å²) in [6, 6.07) is 50.7. The van der Waals surface area contributed by atoms with Gasteiger partial charge in [0.25, 0.3) is 15.8 Å². The van der Waals surface area contributed by atoms with Crippen LogP contribution in [0.15, 0.2) is 194 Å². The van der Waals surface area contributed by atoms with Gasteiger partial charge in [0.15, 0.2) is 17.3 Å². The molecule has 0 aliphatic rings. The van der Waals surface area contributed by atoms with Crippen LogP contribution in [0.25, 0.3) is 11.1 Å². The van der Waals surface area contributed by atoms with Gasteiger partial charge in [-0.3, -0.25) is 18.9 Å². The Kier molecular flexibility index (Phi) is 17.1. The molecule has 8 rings (SSSR count). The van der Waals surface area contributed by atoms with Crippen molar-refractivity contribution in [3.05, 3.63) is 250 Å². The van der Waals surface area contributed by atoms with Gasteiger partial charge >= 0.3 is 6.18 Å². The summed E-state index contributed by atoms with van der Waals surface area (Å²) in [6.45, 7) is 2.07. The van der Waals surface area contributed by atoms with Crippen LogP contribution in [0.1, 0.15) is 70.0 Å². The number of hydrogen-bond acceptors (Lipinski definition) is 7. The molecule has 1 N–H and O–H groups in total. The van der Waals surface area contributed by atoms with Gasteiger partial charge in [0.05, 0.1) is 6.26 Å². The van der Waals surface area contributed by atoms with Crippen LogP contribution in [0.5, 0.6) is 23.0 Å². The van der Waals surface area contributed by atoms with Gasteiger partial charge in [0.2, 0.25) is 6.93 Å². The summed E-state index contributed by atoms with van der Waals surface area (Å²) >= 11 is 0. The van der Waals surface area contributed by atoms with Crippen molar-refractivity contribution < 1.29 is 63.2 Å². The summed E-state index contributed by atoms with van der Waals surface area (Å²) in [4.78, 5) is 39.4. The number of ketones is 3. The summed E-state index contributed by atoms with van der Waals surface area (Å²) in [5.41, 5.74) is 1.41. The molecule has 0 bridgehead atoms. The molecular weight excluding hydrogens is 959 g/mol. The van der Waals surface area contributed by atoms with Crippen molar-refractivity contribution in [2.24, 2.45) is 0 Å². The lowest BCUT2D eigenvalue weighted by atomic mass is 9.87. The zero-order chi connectivity index (χ0) is 52.2. The average Bonchev–Trinajstić information content (AvgIpc) is 3.36. The molecule has 0 fully saturated rings. The number of carbonyl (C=O) groups is 3. The van der Waals surface area contributed by atoms with Crippen LogP contribution >= 0.6 is 0 Å². The van der Waals surface area contributed by atoms with Crippen LogP contribution in [0.2, 0.25) is 0 Å². The lowest BCUT2D eigenvalue weighted by molar-refractivity contribution is -0.219. The molecule has 72 heavy (non-hydrogen) atoms. The third kappa shape index (κ3) is 13.6. The minimum absolute atomic E-state index is 0.0699. The monoisotopic (exact) mass is 1000 g/mol. The van der Waals surface area contributed by atoms with Crippen molar-refractivity contribution in [3.8, 4) is 34.1 Å². The van der Waals surface area contributed by atoms with Crippen LogP contribution in [0.4, 0.5) is 26.3 Å². The second-order valence-corrected chi connectivity index (χ2v) is 17.6. The van der Waals surface area contributed by atoms with Gasteiger partial charge in [0.1, 0.15) is 23.0 Å². The highest BCUT2D eigenvalue weighted by Gasteiger charge is 2.58. The molecule has 0 saturated heterocycles. The van der Waals surface area contributed by atoms with Crippen LogP contribution in [-0.2, 0) is 15.8 Å². The Morgan fingerprint density at radius 1 is 0.472 bits per heavy atom. The van der Waals surface area contributed by atoms with E-state index in [1.807, 2.05) is 74.5 Å². The second-order valence-electron chi connectivity index (χ2n) is 16.1. The van der Waals surface area contributed by atoms with E-state index >= 15 is 4.39 Å². The van der Waals surface area contributed by atoms with Crippen LogP contribution < -0.4 is 9.47 Å². The molecule has 1 atom stereocenters. The van der Waals surface area contributed by atoms with Crippen LogP contribution in [-0.4, -0.2) is 49.7 Å². The standard InChI is InChI=1S/C55H38F4O5.CH2F2.CH4O3S/c1-35-8-11-39(12-9-35)51(60)41-18-26-46(27-19-41)63-48-30-22-44(23-31-48)54(56,55(57,58)59)45-24-32-49(33-25-45)64-47-28-20-42(21-29-47)52(61)40-16-14-37(15-17-40)43-13-10-36(2)50(34-43)53(62)38-6-4-3-5-7-38;2-1-3;1-5(2,3)4/h3-34H,1-2H3;1H2;1H3,(H,2,3,4). The Morgan fingerprint density at radius 2 is 0.792 bits per heavy atom. The normalized spacial score (nSPS) is 11.9. The van der Waals surface area contributed by atoms with E-state index in [1.54, 1.807) is 84.9 Å². The smallest absolute Gasteiger partial charge is 0.431 e. The van der Waals surface area contributed by atoms with Gasteiger partial charge < -0.3 is 9.47 Å². The third-order valence-corrected chi connectivity index (χ3v) is 10.9. The zero-order valence-corrected chi connectivity index (χ0v) is 39.5. The van der Waals surface area contributed by atoms with Gasteiger partial charge in [-0.05, 0) is 109 Å². The molecule has 0 heterocycles. The quantitative estimate of drug-likeness (QED) is 0.0688. The second kappa shape index (κ2) is 23.2. The molecule has 0 saturated carbocycles. The van der Waals surface area contributed by atoms with Gasteiger partial charge in [-0.1, -0.05) is 121 Å². The van der Waals surface area contributed by atoms with Crippen molar-refractivity contribution in [1.82, 2.24) is 0 Å². The number of aryl methyl sites for hydroxylation is 2. The van der Waals surface area contributed by atoms with Crippen molar-refractivity contribution >= 4 is 27.5 Å². The Morgan fingerprint density at radius 3 is 1.17 bits per heavy atom. The number of carbonyl (C=O) groups excluding carboxylic acids is 3. The fourth-order valence-electron chi connectivity index (χ4n) is 7.26. The molecule has 0 aliphatic heterocycles. The number of halogens is 6. The molecule has 8 nitrogen and oxygen atoms in total. The lowest BCUT2D eigenvalue weighted by Crippen LogP contribution is -2.39. The topological polar surface area (TPSA) is 124 Å². The number of alkyl halides is 6. The highest BCUT2D eigenvalue weighted by Crippen LogP contribution is 2.48. The van der Waals surface area contributed by atoms with Gasteiger partial charge in [-0.2, -0.15) is 21.6 Å². The fourth-order valence-corrected chi connectivity index (χ4v) is 7.26. The molecule has 1 unspecified atom stereocenters. The Balaban J connectivity index is 0.000000986. The first kappa shape index (κ1) is 53.2. The van der Waals surface area contributed by atoms with E-state index in [9.17, 15) is 44.8 Å². The largest absolute Gasteiger partial charge is 0.457 e. The molecule has 8 aromatic carbocycles. The predicted molar refractivity (Wildman–Crippen MR) is 263 cm³/mol. The Bertz CT molecular complexity index is 3230. The number of rotatable bonds is 13. The van der Waals surface area contributed by atoms with Gasteiger partial charge in [0, 0.05) is 44.5 Å². The summed E-state index contributed by atoms with van der Waals surface area (Å²) in [5, 5.41) is 0. The van der Waals surface area contributed by atoms with E-state index in [0.29, 0.717) is 51.1 Å². The molecule has 0 amide bonds. The minimum atomic E-state index is -5.31. The maximum atomic E-state index is 16.4. The van der Waals surface area contributed by atoms with Crippen LogP contribution in [0.3, 0.4) is 0 Å². The van der Waals surface area contributed by atoms with E-state index in [-0.39, 0.29) is 28.8 Å². The van der Waals surface area contributed by atoms with Gasteiger partial charge in [-0.15, -0.1) is 0 Å². The van der Waals surface area contributed by atoms with Crippen molar-refractivity contribution in [1.29, 1.82) is 0 Å². The summed E-state index contributed by atoms with van der Waals surface area (Å²) < 4.78 is 117. The molecule has 0 aliphatic carbocycles. The van der Waals surface area contributed by atoms with Crippen LogP contribution in [0, 0.1) is 13.8 Å². The highest BCUT2D eigenvalue weighted by atomic mass is 32.2. The van der Waals surface area contributed by atoms with E-state index in [0.717, 1.165) is 46.5 Å². The van der Waals surface area contributed by atoms with E-state index in [4.69, 9.17) is 14.0 Å². The first-order valence-corrected chi connectivity index (χ1v) is 23.6. The Labute approximate surface area is 411 Å². The molecule has 368 valence electrons. The first-order chi connectivity index (χ1) is 34.2. The maximum Gasteiger partial charge on any atom is 0.431 e. The Hall–Kier alpha value is -8.14. The van der Waals surface area contributed by atoms with Gasteiger partial charge in [-0.25, -0.2) is 13.2 Å². The molecule has 0 radical (unpaired) electrons. The molecule has 0 spiro atoms. The van der Waals surface area contributed by atoms with E-state index in [2.05, 4.69) is 0 Å². The van der Waals surface area contributed by atoms with Crippen molar-refractivity contribution in [2.75, 3.05) is 13.2 Å². The number of ether oxygens (including phenoxy) is 2. The summed E-state index contributed by atoms with van der Waals surface area (Å²) in [5.74, 6) is 0.502. The molecule has 0 aromatic heterocycles. The molecule has 15 heteroatoms. The number of hydrogen-bond donors (Lipinski definition) is 1. The highest BCUT2D eigenvalue weighted by molar-refractivity contribution is 7.85. The third-order valence-electron chi connectivity index (χ3n) is 10.9. The minimum Gasteiger partial charge on any atom is -0.457 e. The predicted octanol–water partition coefficient (Wildman–Crippen LogP) is 14.4. The lowest BCUT2D eigenvalue weighted by Gasteiger charge is -2.29. The summed E-state index contributed by atoms with van der Waals surface area (Å²) in [7, 11) is -3.67. The fraction of sp³-hybridized carbons (Fsp3) is 0.105. The van der Waals surface area contributed by atoms with E-state index in [1.165, 1.54) is 24.3 Å². The van der Waals surface area contributed by atoms with E-state index < -0.39 is 40.0 Å². The molecule has 8 aromatic rings. The molecular formula is C57H44F6O8S. The maximum absolute atomic E-state index is 16.4. The van der Waals surface area contributed by atoms with Crippen molar-refractivity contribution in [2.45, 2.75) is 25.7 Å².